The van der Waals surface area contributed by atoms with E-state index in [1.807, 2.05) is 30.3 Å². The van der Waals surface area contributed by atoms with Gasteiger partial charge in [0.2, 0.25) is 0 Å². The summed E-state index contributed by atoms with van der Waals surface area (Å²) in [5, 5.41) is 11.8. The molecule has 0 aliphatic rings. The zero-order valence-corrected chi connectivity index (χ0v) is 12.4. The summed E-state index contributed by atoms with van der Waals surface area (Å²) in [5.41, 5.74) is 2.27. The molecule has 0 radical (unpaired) electrons. The van der Waals surface area contributed by atoms with E-state index in [9.17, 15) is 0 Å². The van der Waals surface area contributed by atoms with Gasteiger partial charge in [0.15, 0.2) is 6.61 Å². The highest BCUT2D eigenvalue weighted by Crippen LogP contribution is 2.15. The topological polar surface area (TPSA) is 45.0 Å². The van der Waals surface area contributed by atoms with Crippen molar-refractivity contribution in [1.82, 2.24) is 0 Å². The van der Waals surface area contributed by atoms with Gasteiger partial charge in [0.1, 0.15) is 11.8 Å². The van der Waals surface area contributed by atoms with E-state index in [4.69, 9.17) is 10.00 Å². The van der Waals surface area contributed by atoms with Crippen molar-refractivity contribution in [3.05, 3.63) is 57.7 Å². The predicted molar refractivity (Wildman–Crippen MR) is 84.0 cm³/mol. The molecular formula is C15H13IN2O. The van der Waals surface area contributed by atoms with Crippen LogP contribution in [0.3, 0.4) is 0 Å². The van der Waals surface area contributed by atoms with Gasteiger partial charge in [-0.1, -0.05) is 12.1 Å². The van der Waals surface area contributed by atoms with Crippen molar-refractivity contribution in [2.45, 2.75) is 6.54 Å². The molecule has 0 aromatic heterocycles. The Morgan fingerprint density at radius 3 is 2.37 bits per heavy atom. The lowest BCUT2D eigenvalue weighted by Crippen LogP contribution is -1.99. The Morgan fingerprint density at radius 1 is 1.05 bits per heavy atom. The first-order valence-electron chi connectivity index (χ1n) is 5.86. The summed E-state index contributed by atoms with van der Waals surface area (Å²) >= 11 is 2.29. The maximum Gasteiger partial charge on any atom is 0.174 e. The van der Waals surface area contributed by atoms with Crippen molar-refractivity contribution in [2.24, 2.45) is 0 Å². The van der Waals surface area contributed by atoms with Gasteiger partial charge >= 0.3 is 0 Å². The molecular weight excluding hydrogens is 351 g/mol. The first-order valence-corrected chi connectivity index (χ1v) is 6.94. The Morgan fingerprint density at radius 2 is 1.74 bits per heavy atom. The van der Waals surface area contributed by atoms with Gasteiger partial charge in [0, 0.05) is 15.8 Å². The molecule has 0 spiro atoms. The van der Waals surface area contributed by atoms with Crippen molar-refractivity contribution >= 4 is 28.3 Å². The second-order valence-corrected chi connectivity index (χ2v) is 5.20. The summed E-state index contributed by atoms with van der Waals surface area (Å²) in [6.07, 6.45) is 0. The normalized spacial score (nSPS) is 9.68. The lowest BCUT2D eigenvalue weighted by atomic mass is 10.2. The van der Waals surface area contributed by atoms with Crippen LogP contribution in [-0.2, 0) is 6.54 Å². The number of nitrogens with one attached hydrogen (secondary N) is 1. The highest BCUT2D eigenvalue weighted by molar-refractivity contribution is 14.1. The Bertz CT molecular complexity index is 558. The maximum atomic E-state index is 8.43. The molecule has 0 heterocycles. The third-order valence-corrected chi connectivity index (χ3v) is 3.29. The molecule has 2 aromatic rings. The van der Waals surface area contributed by atoms with Crippen molar-refractivity contribution in [2.75, 3.05) is 11.9 Å². The Balaban J connectivity index is 1.89. The largest absolute Gasteiger partial charge is 0.479 e. The first kappa shape index (κ1) is 13.7. The van der Waals surface area contributed by atoms with E-state index in [0.717, 1.165) is 18.0 Å². The number of nitriles is 1. The van der Waals surface area contributed by atoms with Gasteiger partial charge in [-0.15, -0.1) is 0 Å². The molecule has 3 nitrogen and oxygen atoms in total. The van der Waals surface area contributed by atoms with E-state index >= 15 is 0 Å². The van der Waals surface area contributed by atoms with Crippen LogP contribution in [0.4, 0.5) is 5.69 Å². The Hall–Kier alpha value is -1.74. The average Bonchev–Trinajstić information content (AvgIpc) is 2.46. The van der Waals surface area contributed by atoms with Crippen LogP contribution in [0.1, 0.15) is 5.56 Å². The molecule has 0 atom stereocenters. The van der Waals surface area contributed by atoms with Gasteiger partial charge in [-0.05, 0) is 64.6 Å². The summed E-state index contributed by atoms with van der Waals surface area (Å²) in [5.74, 6) is 0.722. The molecule has 0 aliphatic heterocycles. The highest BCUT2D eigenvalue weighted by atomic mass is 127. The van der Waals surface area contributed by atoms with Crippen LogP contribution in [0.15, 0.2) is 48.5 Å². The van der Waals surface area contributed by atoms with E-state index in [1.165, 1.54) is 9.13 Å². The van der Waals surface area contributed by atoms with Crippen molar-refractivity contribution in [3.63, 3.8) is 0 Å². The second kappa shape index (κ2) is 7.00. The van der Waals surface area contributed by atoms with E-state index in [-0.39, 0.29) is 6.61 Å². The molecule has 0 aliphatic carbocycles. The van der Waals surface area contributed by atoms with Gasteiger partial charge < -0.3 is 10.1 Å². The molecule has 0 saturated carbocycles. The van der Waals surface area contributed by atoms with Crippen LogP contribution in [0.5, 0.6) is 5.75 Å². The van der Waals surface area contributed by atoms with Crippen molar-refractivity contribution in [1.29, 1.82) is 5.26 Å². The maximum absolute atomic E-state index is 8.43. The fourth-order valence-electron chi connectivity index (χ4n) is 1.59. The lowest BCUT2D eigenvalue weighted by molar-refractivity contribution is 0.368. The van der Waals surface area contributed by atoms with Crippen LogP contribution >= 0.6 is 22.6 Å². The van der Waals surface area contributed by atoms with Gasteiger partial charge in [-0.2, -0.15) is 5.26 Å². The lowest BCUT2D eigenvalue weighted by Gasteiger charge is -2.07. The summed E-state index contributed by atoms with van der Waals surface area (Å²) in [4.78, 5) is 0. The van der Waals surface area contributed by atoms with Crippen LogP contribution in [0, 0.1) is 14.9 Å². The molecule has 0 fully saturated rings. The standard InChI is InChI=1S/C15H13IN2O/c16-13-3-5-14(6-4-13)18-11-12-1-7-15(8-2-12)19-10-9-17/h1-8,18H,10-11H2. The molecule has 1 N–H and O–H groups in total. The number of anilines is 1. The minimum atomic E-state index is 0.0836. The number of ether oxygens (including phenoxy) is 1. The molecule has 0 saturated heterocycles. The molecule has 4 heteroatoms. The van der Waals surface area contributed by atoms with E-state index in [2.05, 4.69) is 52.2 Å². The summed E-state index contributed by atoms with van der Waals surface area (Å²) < 4.78 is 6.43. The van der Waals surface area contributed by atoms with Gasteiger partial charge in [0.25, 0.3) is 0 Å². The SMILES string of the molecule is N#CCOc1ccc(CNc2ccc(I)cc2)cc1. The smallest absolute Gasteiger partial charge is 0.174 e. The van der Waals surface area contributed by atoms with Crippen LogP contribution < -0.4 is 10.1 Å². The molecule has 96 valence electrons. The average molecular weight is 364 g/mol. The number of benzene rings is 2. The minimum absolute atomic E-state index is 0.0836. The van der Waals surface area contributed by atoms with Gasteiger partial charge in [0.05, 0.1) is 0 Å². The zero-order valence-electron chi connectivity index (χ0n) is 10.3. The summed E-state index contributed by atoms with van der Waals surface area (Å²) in [6.45, 7) is 0.847. The fraction of sp³-hybridized carbons (Fsp3) is 0.133. The van der Waals surface area contributed by atoms with E-state index in [0.29, 0.717) is 0 Å². The predicted octanol–water partition coefficient (Wildman–Crippen LogP) is 3.81. The van der Waals surface area contributed by atoms with Crippen LogP contribution in [0.2, 0.25) is 0 Å². The van der Waals surface area contributed by atoms with Crippen molar-refractivity contribution in [3.8, 4) is 11.8 Å². The molecule has 0 bridgehead atoms. The highest BCUT2D eigenvalue weighted by Gasteiger charge is 1.96. The third kappa shape index (κ3) is 4.45. The van der Waals surface area contributed by atoms with E-state index in [1.54, 1.807) is 0 Å². The number of rotatable bonds is 5. The first-order chi connectivity index (χ1) is 9.28. The molecule has 2 rings (SSSR count). The third-order valence-electron chi connectivity index (χ3n) is 2.57. The summed E-state index contributed by atoms with van der Waals surface area (Å²) in [7, 11) is 0. The number of halogens is 1. The minimum Gasteiger partial charge on any atom is -0.479 e. The fourth-order valence-corrected chi connectivity index (χ4v) is 1.95. The Labute approximate surface area is 126 Å². The van der Waals surface area contributed by atoms with Gasteiger partial charge in [-0.3, -0.25) is 0 Å². The monoisotopic (exact) mass is 364 g/mol. The zero-order chi connectivity index (χ0) is 13.5. The second-order valence-electron chi connectivity index (χ2n) is 3.95. The number of hydrogen-bond donors (Lipinski definition) is 1. The van der Waals surface area contributed by atoms with E-state index < -0.39 is 0 Å². The quantitative estimate of drug-likeness (QED) is 0.821. The summed E-state index contributed by atoms with van der Waals surface area (Å²) in [6, 6.07) is 18.0. The van der Waals surface area contributed by atoms with Crippen LogP contribution in [-0.4, -0.2) is 6.61 Å². The van der Waals surface area contributed by atoms with Gasteiger partial charge in [-0.25, -0.2) is 0 Å². The molecule has 0 amide bonds. The molecule has 19 heavy (non-hydrogen) atoms. The Kier molecular flexibility index (Phi) is 5.04. The molecule has 2 aromatic carbocycles. The number of hydrogen-bond acceptors (Lipinski definition) is 3. The van der Waals surface area contributed by atoms with Crippen LogP contribution in [0.25, 0.3) is 0 Å². The molecule has 0 unspecified atom stereocenters. The van der Waals surface area contributed by atoms with Crippen molar-refractivity contribution < 1.29 is 4.74 Å². The number of nitrogens with zero attached hydrogens (tertiary/aromatic N) is 1.